The number of hydrogen-bond acceptors (Lipinski definition) is 5. The van der Waals surface area contributed by atoms with E-state index in [1.807, 2.05) is 7.05 Å². The largest absolute Gasteiger partial charge is 0.468 e. The van der Waals surface area contributed by atoms with Gasteiger partial charge in [-0.05, 0) is 26.4 Å². The predicted octanol–water partition coefficient (Wildman–Crippen LogP) is -0.155. The molecule has 0 aliphatic heterocycles. The smallest absolute Gasteiger partial charge is 0.322 e. The number of carbonyl (C=O) groups excluding carboxylic acids is 1. The zero-order valence-electron chi connectivity index (χ0n) is 9.86. The number of carbonyl (C=O) groups is 1. The number of nitrogens with two attached hydrogens (primary N) is 1. The van der Waals surface area contributed by atoms with Crippen molar-refractivity contribution >= 4 is 5.97 Å². The zero-order valence-corrected chi connectivity index (χ0v) is 9.86. The third-order valence-electron chi connectivity index (χ3n) is 2.21. The van der Waals surface area contributed by atoms with Crippen molar-refractivity contribution in [2.45, 2.75) is 18.9 Å². The molecule has 1 atom stereocenters. The number of rotatable bonds is 8. The minimum Gasteiger partial charge on any atom is -0.468 e. The van der Waals surface area contributed by atoms with Crippen LogP contribution in [-0.4, -0.2) is 57.9 Å². The molecule has 0 bridgehead atoms. The molecule has 90 valence electrons. The van der Waals surface area contributed by atoms with Gasteiger partial charge in [-0.15, -0.1) is 0 Å². The summed E-state index contributed by atoms with van der Waals surface area (Å²) in [6, 6.07) is -0.514. The standard InChI is InChI=1S/C10H22N2O3/c1-12(6-4-8-14-2)7-5-9(11)10(13)15-3/h9H,4-8,11H2,1-3H3. The Labute approximate surface area is 91.5 Å². The molecule has 15 heavy (non-hydrogen) atoms. The molecule has 2 N–H and O–H groups in total. The third-order valence-corrected chi connectivity index (χ3v) is 2.21. The number of nitrogens with zero attached hydrogens (tertiary/aromatic N) is 1. The maximum atomic E-state index is 11.0. The molecule has 0 spiro atoms. The van der Waals surface area contributed by atoms with Crippen molar-refractivity contribution < 1.29 is 14.3 Å². The fraction of sp³-hybridized carbons (Fsp3) is 0.900. The summed E-state index contributed by atoms with van der Waals surface area (Å²) < 4.78 is 9.49. The summed E-state index contributed by atoms with van der Waals surface area (Å²) in [5, 5.41) is 0. The van der Waals surface area contributed by atoms with Crippen LogP contribution in [0.3, 0.4) is 0 Å². The number of esters is 1. The highest BCUT2D eigenvalue weighted by Crippen LogP contribution is 1.95. The summed E-state index contributed by atoms with van der Waals surface area (Å²) in [6.07, 6.45) is 1.61. The van der Waals surface area contributed by atoms with E-state index in [1.165, 1.54) is 7.11 Å². The van der Waals surface area contributed by atoms with E-state index in [9.17, 15) is 4.79 Å². The lowest BCUT2D eigenvalue weighted by Gasteiger charge is -2.17. The lowest BCUT2D eigenvalue weighted by Crippen LogP contribution is -2.35. The van der Waals surface area contributed by atoms with Crippen LogP contribution in [0.1, 0.15) is 12.8 Å². The molecule has 0 saturated carbocycles. The van der Waals surface area contributed by atoms with Gasteiger partial charge in [-0.3, -0.25) is 4.79 Å². The second-order valence-electron chi connectivity index (χ2n) is 3.57. The van der Waals surface area contributed by atoms with Gasteiger partial charge >= 0.3 is 5.97 Å². The molecule has 0 aliphatic carbocycles. The first-order chi connectivity index (χ1) is 7.11. The minimum atomic E-state index is -0.514. The van der Waals surface area contributed by atoms with Crippen molar-refractivity contribution in [1.82, 2.24) is 4.90 Å². The van der Waals surface area contributed by atoms with Gasteiger partial charge in [0.2, 0.25) is 0 Å². The van der Waals surface area contributed by atoms with Crippen molar-refractivity contribution in [2.24, 2.45) is 5.73 Å². The Morgan fingerprint density at radius 2 is 2.07 bits per heavy atom. The molecule has 0 aromatic rings. The Balaban J connectivity index is 3.52. The van der Waals surface area contributed by atoms with Crippen molar-refractivity contribution in [3.05, 3.63) is 0 Å². The summed E-state index contributed by atoms with van der Waals surface area (Å²) in [7, 11) is 5.04. The number of ether oxygens (including phenoxy) is 2. The normalized spacial score (nSPS) is 12.9. The molecular weight excluding hydrogens is 196 g/mol. The van der Waals surface area contributed by atoms with E-state index in [4.69, 9.17) is 10.5 Å². The van der Waals surface area contributed by atoms with Gasteiger partial charge in [-0.2, -0.15) is 0 Å². The Bertz CT molecular complexity index is 176. The molecule has 0 saturated heterocycles. The van der Waals surface area contributed by atoms with Gasteiger partial charge < -0.3 is 20.1 Å². The molecule has 0 aromatic heterocycles. The maximum absolute atomic E-state index is 11.0. The second-order valence-corrected chi connectivity index (χ2v) is 3.57. The number of methoxy groups -OCH3 is 2. The second kappa shape index (κ2) is 8.64. The van der Waals surface area contributed by atoms with E-state index in [0.29, 0.717) is 6.42 Å². The molecule has 0 amide bonds. The van der Waals surface area contributed by atoms with Gasteiger partial charge in [0.05, 0.1) is 7.11 Å². The first-order valence-corrected chi connectivity index (χ1v) is 5.12. The lowest BCUT2D eigenvalue weighted by atomic mass is 10.2. The summed E-state index contributed by atoms with van der Waals surface area (Å²) in [6.45, 7) is 2.50. The lowest BCUT2D eigenvalue weighted by molar-refractivity contribution is -0.142. The molecule has 1 unspecified atom stereocenters. The van der Waals surface area contributed by atoms with Crippen LogP contribution in [0.5, 0.6) is 0 Å². The van der Waals surface area contributed by atoms with Gasteiger partial charge in [0.1, 0.15) is 6.04 Å². The number of hydrogen-bond donors (Lipinski definition) is 1. The zero-order chi connectivity index (χ0) is 11.7. The molecule has 0 fully saturated rings. The van der Waals surface area contributed by atoms with Crippen molar-refractivity contribution in [2.75, 3.05) is 41.0 Å². The van der Waals surface area contributed by atoms with E-state index in [-0.39, 0.29) is 5.97 Å². The SMILES string of the molecule is COCCCN(C)CCC(N)C(=O)OC. The predicted molar refractivity (Wildman–Crippen MR) is 58.6 cm³/mol. The molecular formula is C10H22N2O3. The molecule has 0 heterocycles. The van der Waals surface area contributed by atoms with Gasteiger partial charge in [-0.25, -0.2) is 0 Å². The maximum Gasteiger partial charge on any atom is 0.322 e. The first kappa shape index (κ1) is 14.3. The highest BCUT2D eigenvalue weighted by molar-refractivity contribution is 5.75. The van der Waals surface area contributed by atoms with Crippen LogP contribution in [0, 0.1) is 0 Å². The van der Waals surface area contributed by atoms with Crippen LogP contribution in [0.2, 0.25) is 0 Å². The molecule has 0 aromatic carbocycles. The summed E-state index contributed by atoms with van der Waals surface area (Å²) >= 11 is 0. The van der Waals surface area contributed by atoms with Crippen molar-refractivity contribution in [1.29, 1.82) is 0 Å². The monoisotopic (exact) mass is 218 g/mol. The minimum absolute atomic E-state index is 0.347. The van der Waals surface area contributed by atoms with Gasteiger partial charge in [0.25, 0.3) is 0 Å². The molecule has 0 aliphatic rings. The van der Waals surface area contributed by atoms with Gasteiger partial charge in [-0.1, -0.05) is 0 Å². The van der Waals surface area contributed by atoms with E-state index in [0.717, 1.165) is 26.1 Å². The fourth-order valence-corrected chi connectivity index (χ4v) is 1.22. The van der Waals surface area contributed by atoms with Gasteiger partial charge in [0, 0.05) is 20.3 Å². The van der Waals surface area contributed by atoms with E-state index < -0.39 is 6.04 Å². The topological polar surface area (TPSA) is 64.8 Å². The van der Waals surface area contributed by atoms with Crippen LogP contribution in [0.15, 0.2) is 0 Å². The van der Waals surface area contributed by atoms with Crippen molar-refractivity contribution in [3.63, 3.8) is 0 Å². The van der Waals surface area contributed by atoms with Crippen molar-refractivity contribution in [3.8, 4) is 0 Å². The summed E-state index contributed by atoms with van der Waals surface area (Å²) in [4.78, 5) is 13.1. The molecule has 0 radical (unpaired) electrons. The van der Waals surface area contributed by atoms with Crippen LogP contribution >= 0.6 is 0 Å². The average molecular weight is 218 g/mol. The molecule has 0 rings (SSSR count). The average Bonchev–Trinajstić information content (AvgIpc) is 2.25. The summed E-state index contributed by atoms with van der Waals surface area (Å²) in [5.41, 5.74) is 5.60. The third kappa shape index (κ3) is 7.30. The Kier molecular flexibility index (Phi) is 8.27. The van der Waals surface area contributed by atoms with E-state index in [2.05, 4.69) is 9.64 Å². The quantitative estimate of drug-likeness (QED) is 0.453. The highest BCUT2D eigenvalue weighted by Gasteiger charge is 2.13. The Morgan fingerprint density at radius 3 is 2.60 bits per heavy atom. The van der Waals surface area contributed by atoms with Gasteiger partial charge in [0.15, 0.2) is 0 Å². The van der Waals surface area contributed by atoms with E-state index in [1.54, 1.807) is 7.11 Å². The Morgan fingerprint density at radius 1 is 1.40 bits per heavy atom. The fourth-order valence-electron chi connectivity index (χ4n) is 1.22. The highest BCUT2D eigenvalue weighted by atomic mass is 16.5. The van der Waals surface area contributed by atoms with Crippen LogP contribution in [0.25, 0.3) is 0 Å². The summed E-state index contributed by atoms with van der Waals surface area (Å²) in [5.74, 6) is -0.347. The van der Waals surface area contributed by atoms with E-state index >= 15 is 0 Å². The Hall–Kier alpha value is -0.650. The van der Waals surface area contributed by atoms with Crippen LogP contribution < -0.4 is 5.73 Å². The first-order valence-electron chi connectivity index (χ1n) is 5.12. The van der Waals surface area contributed by atoms with Crippen LogP contribution in [0.4, 0.5) is 0 Å². The van der Waals surface area contributed by atoms with Crippen LogP contribution in [-0.2, 0) is 14.3 Å². The molecule has 5 heteroatoms. The molecule has 5 nitrogen and oxygen atoms in total.